The first-order valence-corrected chi connectivity index (χ1v) is 33.1. The van der Waals surface area contributed by atoms with Gasteiger partial charge in [-0.2, -0.15) is 0 Å². The SMILES string of the molecule is Fc1cccc(F)c1N1c2cc3c(cc2B2c4cc5c(cc4Oc4cc(-n6c7ccccc7c7ccccc76)cc1c42)Oc1cc(-n2c4ccccc4c4ccccc42)cc2c1B5c1ccccc1O2)B1c2ccccc2Oc2cc(-n4c5ccccc5c5ccccc54)cc(c21)O3. The molecule has 0 unspecified atom stereocenters. The predicted molar refractivity (Wildman–Crippen MR) is 391 cm³/mol. The Bertz CT molecular complexity index is 6360. The fourth-order valence-electron chi connectivity index (χ4n) is 17.5. The molecule has 6 aliphatic heterocycles. The number of ether oxygens (including phenoxy) is 5. The molecule has 0 aliphatic carbocycles. The van der Waals surface area contributed by atoms with E-state index >= 15 is 8.78 Å². The molecule has 0 fully saturated rings. The van der Waals surface area contributed by atoms with Crippen LogP contribution in [0.3, 0.4) is 0 Å². The molecule has 98 heavy (non-hydrogen) atoms. The van der Waals surface area contributed by atoms with Gasteiger partial charge in [0, 0.05) is 97.1 Å². The maximum absolute atomic E-state index is 17.6. The summed E-state index contributed by atoms with van der Waals surface area (Å²) in [4.78, 5) is 1.77. The lowest BCUT2D eigenvalue weighted by Gasteiger charge is -2.42. The molecule has 0 atom stereocenters. The fraction of sp³-hybridized carbons (Fsp3) is 0. The number of nitrogens with zero attached hydrogens (tertiary/aromatic N) is 4. The standard InChI is InChI=1S/C84H45B3F2N4O5/c88-61-26-17-27-62(89)84(61)93-69-44-73-58(85-55-24-7-15-34-71(55)94-77-38-47(40-79(96-73)82(77)85)91-65-30-11-3-20-51(65)52-21-4-12-31-66(52)91)42-57(69)87-60-43-59-74(45-75(60)97-76-37-46(36-70(93)81(76)87)90-63-28-9-1-18-49(63)50-19-2-10-29-64(50)90)98-80-41-48(39-78-83(80)86(59)56-25-8-16-35-72(56)95-78)92-67-32-13-5-22-53(67)54-23-6-14-33-68(54)92/h1-45H. The fourth-order valence-corrected chi connectivity index (χ4v) is 17.5. The number of para-hydroxylation sites is 9. The van der Waals surface area contributed by atoms with Crippen LogP contribution in [0, 0.1) is 11.6 Å². The van der Waals surface area contributed by atoms with E-state index in [1.807, 2.05) is 42.5 Å². The first-order chi connectivity index (χ1) is 48.4. The molecule has 0 spiro atoms. The zero-order valence-electron chi connectivity index (χ0n) is 51.8. The van der Waals surface area contributed by atoms with Crippen LogP contribution in [0.1, 0.15) is 0 Å². The van der Waals surface area contributed by atoms with Gasteiger partial charge in [0.05, 0.1) is 50.2 Å². The van der Waals surface area contributed by atoms with Crippen LogP contribution in [0.4, 0.5) is 25.8 Å². The highest BCUT2D eigenvalue weighted by Crippen LogP contribution is 2.49. The summed E-state index contributed by atoms with van der Waals surface area (Å²) in [7, 11) is 0. The van der Waals surface area contributed by atoms with Crippen LogP contribution in [-0.4, -0.2) is 33.8 Å². The van der Waals surface area contributed by atoms with Gasteiger partial charge >= 0.3 is 0 Å². The van der Waals surface area contributed by atoms with Crippen LogP contribution in [0.5, 0.6) is 57.5 Å². The largest absolute Gasteiger partial charge is 0.458 e. The molecule has 0 saturated carbocycles. The second-order valence-electron chi connectivity index (χ2n) is 26.4. The molecule has 23 rings (SSSR count). The highest BCUT2D eigenvalue weighted by Gasteiger charge is 2.50. The number of hydrogen-bond donors (Lipinski definition) is 0. The van der Waals surface area contributed by atoms with E-state index in [0.29, 0.717) is 57.4 Å². The van der Waals surface area contributed by atoms with E-state index in [1.165, 1.54) is 18.2 Å². The minimum Gasteiger partial charge on any atom is -0.458 e. The van der Waals surface area contributed by atoms with Crippen LogP contribution in [0.2, 0.25) is 0 Å². The Hall–Kier alpha value is -12.7. The summed E-state index contributed by atoms with van der Waals surface area (Å²) in [6, 6.07) is 92.4. The highest BCUT2D eigenvalue weighted by atomic mass is 19.1. The lowest BCUT2D eigenvalue weighted by molar-refractivity contribution is 0.456. The number of halogens is 2. The number of aromatic nitrogens is 3. The van der Waals surface area contributed by atoms with Crippen molar-refractivity contribution >= 4 is 152 Å². The molecule has 3 aromatic heterocycles. The number of rotatable bonds is 4. The van der Waals surface area contributed by atoms with E-state index in [1.54, 1.807) is 4.90 Å². The third-order valence-electron chi connectivity index (χ3n) is 21.4. The Kier molecular flexibility index (Phi) is 10.2. The number of anilines is 3. The van der Waals surface area contributed by atoms with E-state index < -0.39 is 18.3 Å². The average Bonchev–Trinajstić information content (AvgIpc) is 0.771. The Morgan fingerprint density at radius 3 is 0.959 bits per heavy atom. The van der Waals surface area contributed by atoms with Crippen molar-refractivity contribution in [2.75, 3.05) is 4.90 Å². The van der Waals surface area contributed by atoms with Crippen LogP contribution in [-0.2, 0) is 0 Å². The van der Waals surface area contributed by atoms with Gasteiger partial charge in [-0.15, -0.1) is 0 Å². The first kappa shape index (κ1) is 52.7. The lowest BCUT2D eigenvalue weighted by Crippen LogP contribution is -2.64. The summed E-state index contributed by atoms with van der Waals surface area (Å²) < 4.78 is 78.5. The van der Waals surface area contributed by atoms with E-state index in [4.69, 9.17) is 23.7 Å². The minimum atomic E-state index is -0.731. The average molecular weight is 1260 g/mol. The van der Waals surface area contributed by atoms with Crippen molar-refractivity contribution in [3.05, 3.63) is 285 Å². The van der Waals surface area contributed by atoms with Crippen molar-refractivity contribution in [3.63, 3.8) is 0 Å². The summed E-state index contributed by atoms with van der Waals surface area (Å²) in [6.45, 7) is -1.31. The third-order valence-corrected chi connectivity index (χ3v) is 21.4. The highest BCUT2D eigenvalue weighted by molar-refractivity contribution is 7.03. The number of benzene rings is 14. The van der Waals surface area contributed by atoms with Gasteiger partial charge in [0.25, 0.3) is 20.1 Å². The molecular formula is C84H45B3F2N4O5. The van der Waals surface area contributed by atoms with Gasteiger partial charge in [-0.05, 0) is 105 Å². The summed E-state index contributed by atoms with van der Waals surface area (Å²) >= 11 is 0. The monoisotopic (exact) mass is 1260 g/mol. The molecule has 454 valence electrons. The van der Waals surface area contributed by atoms with Crippen molar-refractivity contribution in [1.29, 1.82) is 0 Å². The quantitative estimate of drug-likeness (QED) is 0.164. The van der Waals surface area contributed by atoms with E-state index in [9.17, 15) is 0 Å². The molecular weight excluding hydrogens is 1220 g/mol. The maximum atomic E-state index is 17.6. The molecule has 14 aromatic carbocycles. The molecule has 0 saturated heterocycles. The van der Waals surface area contributed by atoms with E-state index in [-0.39, 0.29) is 19.1 Å². The van der Waals surface area contributed by atoms with Crippen LogP contribution in [0.25, 0.3) is 82.5 Å². The van der Waals surface area contributed by atoms with Gasteiger partial charge in [-0.3, -0.25) is 0 Å². The van der Waals surface area contributed by atoms with Crippen molar-refractivity contribution in [1.82, 2.24) is 13.7 Å². The Labute approximate surface area is 558 Å². The van der Waals surface area contributed by atoms with E-state index in [0.717, 1.165) is 143 Å². The zero-order valence-corrected chi connectivity index (χ0v) is 51.8. The molecule has 9 heterocycles. The third kappa shape index (κ3) is 6.94. The zero-order chi connectivity index (χ0) is 63.9. The summed E-state index contributed by atoms with van der Waals surface area (Å²) in [5, 5.41) is 6.67. The Morgan fingerprint density at radius 2 is 0.551 bits per heavy atom. The van der Waals surface area contributed by atoms with Crippen LogP contribution < -0.4 is 77.7 Å². The molecule has 17 aromatic rings. The van der Waals surface area contributed by atoms with Gasteiger partial charge in [-0.1, -0.05) is 164 Å². The molecule has 0 bridgehead atoms. The first-order valence-electron chi connectivity index (χ1n) is 33.1. The minimum absolute atomic E-state index is 0.231. The molecule has 14 heteroatoms. The summed E-state index contributed by atoms with van der Waals surface area (Å²) in [5.41, 5.74) is 17.5. The number of fused-ring (bicyclic) bond motifs is 21. The van der Waals surface area contributed by atoms with E-state index in [2.05, 4.69) is 226 Å². The smallest absolute Gasteiger partial charge is 0.260 e. The predicted octanol–water partition coefficient (Wildman–Crippen LogP) is 15.1. The second-order valence-corrected chi connectivity index (χ2v) is 26.4. The summed E-state index contributed by atoms with van der Waals surface area (Å²) in [5.74, 6) is 4.97. The van der Waals surface area contributed by atoms with Crippen LogP contribution in [0.15, 0.2) is 273 Å². The molecule has 6 aliphatic rings. The maximum Gasteiger partial charge on any atom is 0.260 e. The second kappa shape index (κ2) is 19.1. The molecule has 0 amide bonds. The normalized spacial score (nSPS) is 13.7. The molecule has 0 N–H and O–H groups in total. The topological polar surface area (TPSA) is 64.2 Å². The molecule has 0 radical (unpaired) electrons. The van der Waals surface area contributed by atoms with Gasteiger partial charge < -0.3 is 42.3 Å². The number of hydrogen-bond acceptors (Lipinski definition) is 6. The Morgan fingerprint density at radius 1 is 0.235 bits per heavy atom. The van der Waals surface area contributed by atoms with Crippen molar-refractivity contribution < 1.29 is 32.5 Å². The summed E-state index contributed by atoms with van der Waals surface area (Å²) in [6.07, 6.45) is 0. The van der Waals surface area contributed by atoms with Crippen molar-refractivity contribution in [2.45, 2.75) is 0 Å². The van der Waals surface area contributed by atoms with Gasteiger partial charge in [0.2, 0.25) is 0 Å². The molecule has 9 nitrogen and oxygen atoms in total. The van der Waals surface area contributed by atoms with Gasteiger partial charge in [0.1, 0.15) is 74.8 Å². The Balaban J connectivity index is 0.787. The van der Waals surface area contributed by atoms with Crippen molar-refractivity contribution in [2.24, 2.45) is 0 Å². The van der Waals surface area contributed by atoms with Gasteiger partial charge in [-0.25, -0.2) is 8.78 Å². The van der Waals surface area contributed by atoms with Crippen molar-refractivity contribution in [3.8, 4) is 74.6 Å². The lowest BCUT2D eigenvalue weighted by atomic mass is 9.30. The van der Waals surface area contributed by atoms with Crippen LogP contribution >= 0.6 is 0 Å². The van der Waals surface area contributed by atoms with Gasteiger partial charge in [0.15, 0.2) is 0 Å².